The minimum absolute atomic E-state index is 0.346. The van der Waals surface area contributed by atoms with E-state index in [9.17, 15) is 9.59 Å². The van der Waals surface area contributed by atoms with Crippen LogP contribution in [-0.4, -0.2) is 25.2 Å². The number of carbonyl (C=O) groups is 2. The summed E-state index contributed by atoms with van der Waals surface area (Å²) in [4.78, 5) is 25.5. The molecule has 0 unspecified atom stereocenters. The number of rotatable bonds is 14. The van der Waals surface area contributed by atoms with Gasteiger partial charge < -0.3 is 14.4 Å². The Morgan fingerprint density at radius 3 is 1.33 bits per heavy atom. The highest BCUT2D eigenvalue weighted by Crippen LogP contribution is 2.36. The highest BCUT2D eigenvalue weighted by Gasteiger charge is 2.13. The maximum absolute atomic E-state index is 11.6. The number of hydrogen-bond acceptors (Lipinski definition) is 5. The third-order valence-corrected chi connectivity index (χ3v) is 7.00. The normalized spacial score (nSPS) is 10.6. The fraction of sp³-hybridized carbons (Fsp3) is 0.211. The second-order valence-corrected chi connectivity index (χ2v) is 10.6. The van der Waals surface area contributed by atoms with Crippen molar-refractivity contribution in [3.8, 4) is 11.1 Å². The fourth-order valence-corrected chi connectivity index (χ4v) is 4.63. The topological polar surface area (TPSA) is 55.8 Å². The molecular formula is C38H39NO4. The summed E-state index contributed by atoms with van der Waals surface area (Å²) in [7, 11) is 0. The maximum Gasteiger partial charge on any atom is 0.333 e. The van der Waals surface area contributed by atoms with Crippen LogP contribution < -0.4 is 4.90 Å². The van der Waals surface area contributed by atoms with Crippen LogP contribution >= 0.6 is 0 Å². The molecule has 0 aliphatic carbocycles. The van der Waals surface area contributed by atoms with Crippen LogP contribution in [0.5, 0.6) is 0 Å². The Balaban J connectivity index is 1.50. The molecule has 0 saturated heterocycles. The van der Waals surface area contributed by atoms with Gasteiger partial charge in [0.1, 0.15) is 0 Å². The van der Waals surface area contributed by atoms with E-state index < -0.39 is 0 Å². The summed E-state index contributed by atoms with van der Waals surface area (Å²) in [5.74, 6) is -0.692. The molecule has 0 aromatic heterocycles. The van der Waals surface area contributed by atoms with Crippen LogP contribution in [0.1, 0.15) is 37.8 Å². The van der Waals surface area contributed by atoms with E-state index in [0.717, 1.165) is 48.3 Å². The summed E-state index contributed by atoms with van der Waals surface area (Å²) < 4.78 is 10.5. The third kappa shape index (κ3) is 9.04. The Morgan fingerprint density at radius 1 is 0.558 bits per heavy atom. The maximum atomic E-state index is 11.6. The molecule has 0 aliphatic heterocycles. The van der Waals surface area contributed by atoms with E-state index in [1.165, 1.54) is 16.7 Å². The summed E-state index contributed by atoms with van der Waals surface area (Å²) in [5, 5.41) is 0. The molecule has 0 radical (unpaired) electrons. The zero-order valence-corrected chi connectivity index (χ0v) is 25.1. The Hall–Kier alpha value is -4.90. The van der Waals surface area contributed by atoms with Gasteiger partial charge in [0.15, 0.2) is 0 Å². The molecule has 43 heavy (non-hydrogen) atoms. The van der Waals surface area contributed by atoms with Gasteiger partial charge in [-0.1, -0.05) is 79.9 Å². The van der Waals surface area contributed by atoms with E-state index in [-0.39, 0.29) is 11.9 Å². The average molecular weight is 574 g/mol. The number of carbonyl (C=O) groups excluding carboxylic acids is 2. The Morgan fingerprint density at radius 2 is 0.930 bits per heavy atom. The summed E-state index contributed by atoms with van der Waals surface area (Å²) in [5.41, 5.74) is 8.67. The van der Waals surface area contributed by atoms with E-state index in [1.807, 2.05) is 18.2 Å². The summed E-state index contributed by atoms with van der Waals surface area (Å²) in [6.07, 6.45) is 3.12. The van der Waals surface area contributed by atoms with Crippen LogP contribution in [0, 0.1) is 0 Å². The molecule has 0 N–H and O–H groups in total. The number of benzene rings is 4. The van der Waals surface area contributed by atoms with Gasteiger partial charge in [-0.3, -0.25) is 0 Å². The Kier molecular flexibility index (Phi) is 11.1. The predicted molar refractivity (Wildman–Crippen MR) is 175 cm³/mol. The largest absolute Gasteiger partial charge is 0.462 e. The van der Waals surface area contributed by atoms with E-state index in [1.54, 1.807) is 13.8 Å². The second-order valence-electron chi connectivity index (χ2n) is 10.6. The van der Waals surface area contributed by atoms with Gasteiger partial charge in [0.05, 0.1) is 13.2 Å². The fourth-order valence-electron chi connectivity index (χ4n) is 4.63. The van der Waals surface area contributed by atoms with Crippen molar-refractivity contribution in [3.63, 3.8) is 0 Å². The molecule has 0 fully saturated rings. The minimum atomic E-state index is -0.346. The smallest absolute Gasteiger partial charge is 0.333 e. The summed E-state index contributed by atoms with van der Waals surface area (Å²) >= 11 is 0. The molecule has 0 heterocycles. The lowest BCUT2D eigenvalue weighted by Crippen LogP contribution is -2.10. The van der Waals surface area contributed by atoms with Gasteiger partial charge in [-0.05, 0) is 98.2 Å². The van der Waals surface area contributed by atoms with Crippen molar-refractivity contribution in [2.24, 2.45) is 0 Å². The van der Waals surface area contributed by atoms with Gasteiger partial charge in [0.2, 0.25) is 0 Å². The van der Waals surface area contributed by atoms with Crippen LogP contribution in [0.4, 0.5) is 17.1 Å². The SMILES string of the molecule is C=C(C)C(=O)OCCCc1ccc(N(c2ccc(CCCOC(=O)C(=C)C)cc2)c2ccc(-c3ccccc3)cc2)cc1. The second kappa shape index (κ2) is 15.4. The van der Waals surface area contributed by atoms with Crippen molar-refractivity contribution in [1.82, 2.24) is 0 Å². The van der Waals surface area contributed by atoms with Gasteiger partial charge in [-0.2, -0.15) is 0 Å². The Bertz CT molecular complexity index is 1440. The van der Waals surface area contributed by atoms with E-state index in [4.69, 9.17) is 9.47 Å². The number of hydrogen-bond donors (Lipinski definition) is 0. The van der Waals surface area contributed by atoms with E-state index in [2.05, 4.69) is 103 Å². The molecule has 0 bridgehead atoms. The molecule has 5 nitrogen and oxygen atoms in total. The number of ether oxygens (including phenoxy) is 2. The molecule has 5 heteroatoms. The van der Waals surface area contributed by atoms with Crippen LogP contribution in [0.25, 0.3) is 11.1 Å². The number of anilines is 3. The van der Waals surface area contributed by atoms with Gasteiger partial charge in [0, 0.05) is 28.2 Å². The molecular weight excluding hydrogens is 534 g/mol. The van der Waals surface area contributed by atoms with Gasteiger partial charge in [-0.25, -0.2) is 9.59 Å². The highest BCUT2D eigenvalue weighted by molar-refractivity contribution is 5.87. The first-order valence-corrected chi connectivity index (χ1v) is 14.6. The molecule has 0 saturated carbocycles. The molecule has 4 rings (SSSR count). The quantitative estimate of drug-likeness (QED) is 0.0856. The number of nitrogens with zero attached hydrogens (tertiary/aromatic N) is 1. The van der Waals surface area contributed by atoms with Crippen LogP contribution in [0.2, 0.25) is 0 Å². The van der Waals surface area contributed by atoms with Gasteiger partial charge >= 0.3 is 11.9 Å². The van der Waals surface area contributed by atoms with Crippen molar-refractivity contribution in [2.75, 3.05) is 18.1 Å². The zero-order chi connectivity index (χ0) is 30.6. The van der Waals surface area contributed by atoms with Crippen LogP contribution in [-0.2, 0) is 31.9 Å². The van der Waals surface area contributed by atoms with E-state index in [0.29, 0.717) is 24.4 Å². The number of esters is 2. The zero-order valence-electron chi connectivity index (χ0n) is 25.1. The lowest BCUT2D eigenvalue weighted by atomic mass is 10.0. The molecule has 220 valence electrons. The van der Waals surface area contributed by atoms with Crippen molar-refractivity contribution in [2.45, 2.75) is 39.5 Å². The standard InChI is InChI=1S/C38H39NO4/c1-28(2)37(40)42-26-8-10-30-14-20-34(21-15-30)39(36-24-18-33(19-25-36)32-12-6-5-7-13-32)35-22-16-31(17-23-35)11-9-27-43-38(41)29(3)4/h5-7,12-25H,1,3,8-11,26-27H2,2,4H3. The highest BCUT2D eigenvalue weighted by atomic mass is 16.5. The van der Waals surface area contributed by atoms with Crippen LogP contribution in [0.3, 0.4) is 0 Å². The molecule has 0 amide bonds. The molecule has 4 aromatic carbocycles. The van der Waals surface area contributed by atoms with Crippen molar-refractivity contribution >= 4 is 29.0 Å². The minimum Gasteiger partial charge on any atom is -0.462 e. The monoisotopic (exact) mass is 573 g/mol. The summed E-state index contributed by atoms with van der Waals surface area (Å²) in [6.45, 7) is 11.3. The first-order chi connectivity index (χ1) is 20.8. The average Bonchev–Trinajstić information content (AvgIpc) is 3.03. The first-order valence-electron chi connectivity index (χ1n) is 14.6. The lowest BCUT2D eigenvalue weighted by Gasteiger charge is -2.26. The van der Waals surface area contributed by atoms with Crippen molar-refractivity contribution in [1.29, 1.82) is 0 Å². The summed E-state index contributed by atoms with van der Waals surface area (Å²) in [6, 6.07) is 36.0. The third-order valence-electron chi connectivity index (χ3n) is 7.00. The molecule has 0 spiro atoms. The molecule has 4 aromatic rings. The van der Waals surface area contributed by atoms with E-state index >= 15 is 0 Å². The first kappa shape index (κ1) is 31.0. The van der Waals surface area contributed by atoms with Crippen molar-refractivity contribution < 1.29 is 19.1 Å². The Labute approximate surface area is 255 Å². The van der Waals surface area contributed by atoms with Crippen LogP contribution in [0.15, 0.2) is 127 Å². The predicted octanol–water partition coefficient (Wildman–Crippen LogP) is 8.93. The molecule has 0 aliphatic rings. The number of aryl methyl sites for hydroxylation is 2. The molecule has 0 atom stereocenters. The van der Waals surface area contributed by atoms with Crippen molar-refractivity contribution in [3.05, 3.63) is 139 Å². The lowest BCUT2D eigenvalue weighted by molar-refractivity contribution is -0.139. The van der Waals surface area contributed by atoms with Gasteiger partial charge in [0.25, 0.3) is 0 Å². The van der Waals surface area contributed by atoms with Gasteiger partial charge in [-0.15, -0.1) is 0 Å².